The summed E-state index contributed by atoms with van der Waals surface area (Å²) in [5.41, 5.74) is 3.30. The Morgan fingerprint density at radius 2 is 2.24 bits per heavy atom. The summed E-state index contributed by atoms with van der Waals surface area (Å²) in [6.07, 6.45) is 7.46. The lowest BCUT2D eigenvalue weighted by molar-refractivity contribution is 0.0886. The molecule has 1 atom stereocenters. The number of piperidine rings is 1. The number of likely N-dealkylation sites (tertiary alicyclic amines) is 1. The number of carbonyl (C=O) groups is 1. The number of carbonyl (C=O) groups excluding carboxylic acids is 1. The van der Waals surface area contributed by atoms with Crippen LogP contribution in [0.15, 0.2) is 24.3 Å². The Hall–Kier alpha value is -1.61. The molecule has 1 fully saturated rings. The van der Waals surface area contributed by atoms with Crippen LogP contribution in [0, 0.1) is 0 Å². The Morgan fingerprint density at radius 3 is 3.05 bits per heavy atom. The van der Waals surface area contributed by atoms with Gasteiger partial charge in [0.15, 0.2) is 0 Å². The smallest absolute Gasteiger partial charge is 0.251 e. The fourth-order valence-electron chi connectivity index (χ4n) is 3.26. The second kappa shape index (κ2) is 6.02. The van der Waals surface area contributed by atoms with E-state index in [4.69, 9.17) is 0 Å². The van der Waals surface area contributed by atoms with Crippen LogP contribution in [0.4, 0.5) is 0 Å². The van der Waals surface area contributed by atoms with Crippen LogP contribution >= 0.6 is 0 Å². The van der Waals surface area contributed by atoms with Gasteiger partial charge in [-0.05, 0) is 62.9 Å². The summed E-state index contributed by atoms with van der Waals surface area (Å²) >= 11 is 0. The molecule has 1 unspecified atom stereocenters. The van der Waals surface area contributed by atoms with E-state index in [1.807, 2.05) is 12.1 Å². The first-order valence-electron chi connectivity index (χ1n) is 7.98. The largest absolute Gasteiger partial charge is 0.348 e. The van der Waals surface area contributed by atoms with Crippen molar-refractivity contribution in [2.45, 2.75) is 45.2 Å². The molecule has 3 heteroatoms. The van der Waals surface area contributed by atoms with Crippen LogP contribution < -0.4 is 5.32 Å². The molecule has 1 N–H and O–H groups in total. The molecule has 0 bridgehead atoms. The third kappa shape index (κ3) is 3.18. The number of benzene rings is 1. The molecule has 1 amide bonds. The number of fused-ring (bicyclic) bond motifs is 1. The maximum absolute atomic E-state index is 12.4. The van der Waals surface area contributed by atoms with Crippen LogP contribution in [0.3, 0.4) is 0 Å². The van der Waals surface area contributed by atoms with Crippen molar-refractivity contribution in [1.82, 2.24) is 10.2 Å². The molecule has 2 aliphatic rings. The summed E-state index contributed by atoms with van der Waals surface area (Å²) in [5, 5.41) is 3.21. The van der Waals surface area contributed by atoms with Crippen LogP contribution in [0.25, 0.3) is 6.08 Å². The van der Waals surface area contributed by atoms with Gasteiger partial charge in [0, 0.05) is 24.2 Å². The van der Waals surface area contributed by atoms with Gasteiger partial charge in [-0.25, -0.2) is 0 Å². The van der Waals surface area contributed by atoms with Crippen molar-refractivity contribution in [3.8, 4) is 0 Å². The summed E-state index contributed by atoms with van der Waals surface area (Å²) in [6, 6.07) is 6.85. The van der Waals surface area contributed by atoms with Crippen molar-refractivity contribution in [3.05, 3.63) is 41.0 Å². The lowest BCUT2D eigenvalue weighted by atomic mass is 10.0. The van der Waals surface area contributed by atoms with E-state index >= 15 is 0 Å². The minimum absolute atomic E-state index is 0.0697. The number of hydrogen-bond acceptors (Lipinski definition) is 2. The second-order valence-electron chi connectivity index (χ2n) is 6.42. The van der Waals surface area contributed by atoms with Crippen molar-refractivity contribution in [2.24, 2.45) is 0 Å². The molecular formula is C18H24N2O. The summed E-state index contributed by atoms with van der Waals surface area (Å²) in [4.78, 5) is 14.9. The number of amides is 1. The lowest BCUT2D eigenvalue weighted by Gasteiger charge is -2.35. The summed E-state index contributed by atoms with van der Waals surface area (Å²) in [7, 11) is 0. The molecule has 1 saturated heterocycles. The zero-order chi connectivity index (χ0) is 14.8. The highest BCUT2D eigenvalue weighted by molar-refractivity contribution is 5.95. The van der Waals surface area contributed by atoms with Gasteiger partial charge in [0.05, 0.1) is 0 Å². The Bertz CT molecular complexity index is 562. The van der Waals surface area contributed by atoms with Crippen molar-refractivity contribution in [2.75, 3.05) is 13.1 Å². The first-order valence-corrected chi connectivity index (χ1v) is 7.98. The molecule has 21 heavy (non-hydrogen) atoms. The first-order chi connectivity index (χ1) is 10.1. The second-order valence-corrected chi connectivity index (χ2v) is 6.42. The number of hydrogen-bond donors (Lipinski definition) is 1. The predicted octanol–water partition coefficient (Wildman–Crippen LogP) is 2.86. The molecule has 3 rings (SSSR count). The van der Waals surface area contributed by atoms with Crippen LogP contribution in [0.2, 0.25) is 0 Å². The van der Waals surface area contributed by atoms with Gasteiger partial charge in [-0.2, -0.15) is 0 Å². The minimum Gasteiger partial charge on any atom is -0.348 e. The van der Waals surface area contributed by atoms with E-state index in [1.165, 1.54) is 11.1 Å². The quantitative estimate of drug-likeness (QED) is 0.925. The van der Waals surface area contributed by atoms with Gasteiger partial charge in [-0.3, -0.25) is 9.69 Å². The average Bonchev–Trinajstić information content (AvgIpc) is 2.94. The van der Waals surface area contributed by atoms with Crippen LogP contribution in [0.1, 0.15) is 48.2 Å². The Kier molecular flexibility index (Phi) is 4.11. The molecule has 0 saturated carbocycles. The Balaban J connectivity index is 1.64. The first kappa shape index (κ1) is 14.3. The monoisotopic (exact) mass is 284 g/mol. The van der Waals surface area contributed by atoms with E-state index in [0.717, 1.165) is 37.9 Å². The summed E-state index contributed by atoms with van der Waals surface area (Å²) in [6.45, 7) is 6.56. The highest BCUT2D eigenvalue weighted by Gasteiger charge is 2.23. The van der Waals surface area contributed by atoms with Gasteiger partial charge in [0.25, 0.3) is 5.91 Å². The van der Waals surface area contributed by atoms with E-state index in [0.29, 0.717) is 6.04 Å². The molecule has 112 valence electrons. The standard InChI is InChI=1S/C18H24N2O/c1-13(2)20-10-4-7-17(12-20)19-18(21)16-9-8-14-5-3-6-15(14)11-16/h3,5,8-9,11,13,17H,4,6-7,10,12H2,1-2H3,(H,19,21). The molecule has 1 aromatic carbocycles. The summed E-state index contributed by atoms with van der Waals surface area (Å²) in [5.74, 6) is 0.0697. The van der Waals surface area contributed by atoms with Crippen LogP contribution in [0.5, 0.6) is 0 Å². The van der Waals surface area contributed by atoms with E-state index in [-0.39, 0.29) is 11.9 Å². The molecular weight excluding hydrogens is 260 g/mol. The maximum atomic E-state index is 12.4. The van der Waals surface area contributed by atoms with Gasteiger partial charge in [-0.15, -0.1) is 0 Å². The zero-order valence-corrected chi connectivity index (χ0v) is 12.9. The Labute approximate surface area is 127 Å². The number of rotatable bonds is 3. The fraction of sp³-hybridized carbons (Fsp3) is 0.500. The minimum atomic E-state index is 0.0697. The molecule has 1 aromatic rings. The van der Waals surface area contributed by atoms with Crippen molar-refractivity contribution in [1.29, 1.82) is 0 Å². The number of nitrogens with one attached hydrogen (secondary N) is 1. The molecule has 0 aromatic heterocycles. The molecule has 3 nitrogen and oxygen atoms in total. The van der Waals surface area contributed by atoms with Gasteiger partial charge in [0.2, 0.25) is 0 Å². The average molecular weight is 284 g/mol. The maximum Gasteiger partial charge on any atom is 0.251 e. The highest BCUT2D eigenvalue weighted by Crippen LogP contribution is 2.21. The predicted molar refractivity (Wildman–Crippen MR) is 86.4 cm³/mol. The number of nitrogens with zero attached hydrogens (tertiary/aromatic N) is 1. The lowest BCUT2D eigenvalue weighted by Crippen LogP contribution is -2.49. The van der Waals surface area contributed by atoms with Crippen LogP contribution in [-0.4, -0.2) is 36.0 Å². The summed E-state index contributed by atoms with van der Waals surface area (Å²) < 4.78 is 0. The third-order valence-electron chi connectivity index (χ3n) is 4.56. The topological polar surface area (TPSA) is 32.3 Å². The van der Waals surface area contributed by atoms with Gasteiger partial charge < -0.3 is 5.32 Å². The van der Waals surface area contributed by atoms with Crippen molar-refractivity contribution >= 4 is 12.0 Å². The molecule has 0 radical (unpaired) electrons. The van der Waals surface area contributed by atoms with E-state index < -0.39 is 0 Å². The normalized spacial score (nSPS) is 21.6. The molecule has 1 heterocycles. The van der Waals surface area contributed by atoms with Gasteiger partial charge in [-0.1, -0.05) is 18.2 Å². The Morgan fingerprint density at radius 1 is 1.38 bits per heavy atom. The van der Waals surface area contributed by atoms with Crippen molar-refractivity contribution < 1.29 is 4.79 Å². The number of allylic oxidation sites excluding steroid dienone is 1. The fourth-order valence-corrected chi connectivity index (χ4v) is 3.26. The molecule has 0 spiro atoms. The van der Waals surface area contributed by atoms with Gasteiger partial charge >= 0.3 is 0 Å². The highest BCUT2D eigenvalue weighted by atomic mass is 16.1. The SMILES string of the molecule is CC(C)N1CCCC(NC(=O)c2ccc3c(c2)CC=C3)C1. The van der Waals surface area contributed by atoms with Gasteiger partial charge in [0.1, 0.15) is 0 Å². The van der Waals surface area contributed by atoms with Crippen molar-refractivity contribution in [3.63, 3.8) is 0 Å². The van der Waals surface area contributed by atoms with E-state index in [9.17, 15) is 4.79 Å². The molecule has 1 aliphatic carbocycles. The zero-order valence-electron chi connectivity index (χ0n) is 12.9. The van der Waals surface area contributed by atoms with E-state index in [2.05, 4.69) is 42.3 Å². The third-order valence-corrected chi connectivity index (χ3v) is 4.56. The molecule has 1 aliphatic heterocycles. The van der Waals surface area contributed by atoms with Crippen LogP contribution in [-0.2, 0) is 6.42 Å². The van der Waals surface area contributed by atoms with E-state index in [1.54, 1.807) is 0 Å².